The Bertz CT molecular complexity index is 420. The van der Waals surface area contributed by atoms with Gasteiger partial charge < -0.3 is 14.8 Å². The minimum absolute atomic E-state index is 0.306. The number of carbonyl (C=O) groups is 1. The third-order valence-electron chi connectivity index (χ3n) is 3.13. The summed E-state index contributed by atoms with van der Waals surface area (Å²) >= 11 is 3.31. The van der Waals surface area contributed by atoms with E-state index in [1.54, 1.807) is 0 Å². The van der Waals surface area contributed by atoms with Crippen molar-refractivity contribution in [1.29, 1.82) is 0 Å². The summed E-state index contributed by atoms with van der Waals surface area (Å²) in [4.78, 5) is 12.7. The first-order valence-electron chi connectivity index (χ1n) is 5.35. The van der Waals surface area contributed by atoms with Crippen molar-refractivity contribution in [3.63, 3.8) is 0 Å². The van der Waals surface area contributed by atoms with Crippen LogP contribution >= 0.6 is 15.9 Å². The SMILES string of the molecule is C[C@H]1CCc2c(ccc(Br)c2O)N1CC=O. The molecule has 16 heavy (non-hydrogen) atoms. The quantitative estimate of drug-likeness (QED) is 0.848. The smallest absolute Gasteiger partial charge is 0.139 e. The molecule has 1 aromatic rings. The molecule has 1 aliphatic rings. The summed E-state index contributed by atoms with van der Waals surface area (Å²) < 4.78 is 0.715. The predicted molar refractivity (Wildman–Crippen MR) is 67.0 cm³/mol. The first-order valence-corrected chi connectivity index (χ1v) is 6.15. The highest BCUT2D eigenvalue weighted by molar-refractivity contribution is 9.10. The molecule has 1 heterocycles. The molecule has 1 aliphatic heterocycles. The maximum Gasteiger partial charge on any atom is 0.139 e. The van der Waals surface area contributed by atoms with Crippen LogP contribution in [0.3, 0.4) is 0 Å². The van der Waals surface area contributed by atoms with Crippen LogP contribution in [0.15, 0.2) is 16.6 Å². The van der Waals surface area contributed by atoms with E-state index in [2.05, 4.69) is 22.9 Å². The second-order valence-corrected chi connectivity index (χ2v) is 4.95. The summed E-state index contributed by atoms with van der Waals surface area (Å²) in [6.07, 6.45) is 2.73. The van der Waals surface area contributed by atoms with E-state index >= 15 is 0 Å². The van der Waals surface area contributed by atoms with E-state index in [1.807, 2.05) is 17.0 Å². The number of rotatable bonds is 2. The van der Waals surface area contributed by atoms with Gasteiger partial charge in [-0.25, -0.2) is 0 Å². The van der Waals surface area contributed by atoms with Crippen molar-refractivity contribution in [2.45, 2.75) is 25.8 Å². The Morgan fingerprint density at radius 3 is 3.06 bits per heavy atom. The summed E-state index contributed by atoms with van der Waals surface area (Å²) in [7, 11) is 0. The molecule has 0 saturated heterocycles. The number of carbonyl (C=O) groups excluding carboxylic acids is 1. The first kappa shape index (κ1) is 11.5. The van der Waals surface area contributed by atoms with Gasteiger partial charge in [0.15, 0.2) is 0 Å². The van der Waals surface area contributed by atoms with Crippen molar-refractivity contribution < 1.29 is 9.90 Å². The molecule has 1 N–H and O–H groups in total. The molecule has 0 unspecified atom stereocenters. The number of anilines is 1. The number of fused-ring (bicyclic) bond motifs is 1. The van der Waals surface area contributed by atoms with Gasteiger partial charge in [0.25, 0.3) is 0 Å². The van der Waals surface area contributed by atoms with Gasteiger partial charge in [0, 0.05) is 17.3 Å². The molecular weight excluding hydrogens is 270 g/mol. The molecule has 4 heteroatoms. The van der Waals surface area contributed by atoms with Crippen molar-refractivity contribution >= 4 is 27.9 Å². The molecule has 1 atom stereocenters. The molecule has 1 aromatic carbocycles. The number of halogens is 1. The Hall–Kier alpha value is -1.03. The van der Waals surface area contributed by atoms with Crippen LogP contribution in [0.5, 0.6) is 5.75 Å². The summed E-state index contributed by atoms with van der Waals surface area (Å²) in [6, 6.07) is 4.13. The number of nitrogens with zero attached hydrogens (tertiary/aromatic N) is 1. The normalized spacial score (nSPS) is 19.4. The van der Waals surface area contributed by atoms with Crippen LogP contribution in [0, 0.1) is 0 Å². The second-order valence-electron chi connectivity index (χ2n) is 4.10. The van der Waals surface area contributed by atoms with E-state index in [4.69, 9.17) is 0 Å². The van der Waals surface area contributed by atoms with Gasteiger partial charge in [-0.2, -0.15) is 0 Å². The first-order chi connectivity index (χ1) is 7.65. The Labute approximate surface area is 103 Å². The van der Waals surface area contributed by atoms with Crippen molar-refractivity contribution in [2.75, 3.05) is 11.4 Å². The summed E-state index contributed by atoms with van der Waals surface area (Å²) in [5.74, 6) is 0.306. The van der Waals surface area contributed by atoms with Gasteiger partial charge in [-0.3, -0.25) is 0 Å². The number of hydrogen-bond donors (Lipinski definition) is 1. The standard InChI is InChI=1S/C12H14BrNO2/c1-8-2-3-9-11(14(8)6-7-15)5-4-10(13)12(9)16/h4-5,7-8,16H,2-3,6H2,1H3/t8-/m0/s1. The highest BCUT2D eigenvalue weighted by Crippen LogP contribution is 2.39. The lowest BCUT2D eigenvalue weighted by atomic mass is 9.96. The zero-order valence-electron chi connectivity index (χ0n) is 9.11. The second kappa shape index (κ2) is 4.45. The fourth-order valence-electron chi connectivity index (χ4n) is 2.22. The largest absolute Gasteiger partial charge is 0.506 e. The number of aldehydes is 1. The van der Waals surface area contributed by atoms with Gasteiger partial charge in [0.05, 0.1) is 11.0 Å². The molecular formula is C12H14BrNO2. The van der Waals surface area contributed by atoms with E-state index in [1.165, 1.54) is 0 Å². The van der Waals surface area contributed by atoms with Gasteiger partial charge in [-0.15, -0.1) is 0 Å². The van der Waals surface area contributed by atoms with Crippen LogP contribution in [-0.2, 0) is 11.2 Å². The van der Waals surface area contributed by atoms with Gasteiger partial charge in [0.2, 0.25) is 0 Å². The van der Waals surface area contributed by atoms with Gasteiger partial charge in [-0.05, 0) is 47.8 Å². The molecule has 0 aromatic heterocycles. The molecule has 0 bridgehead atoms. The fourth-order valence-corrected chi connectivity index (χ4v) is 2.59. The average Bonchev–Trinajstić information content (AvgIpc) is 2.27. The molecule has 86 valence electrons. The Morgan fingerprint density at radius 2 is 2.38 bits per heavy atom. The molecule has 0 aliphatic carbocycles. The van der Waals surface area contributed by atoms with E-state index in [0.29, 0.717) is 22.8 Å². The van der Waals surface area contributed by atoms with E-state index < -0.39 is 0 Å². The zero-order chi connectivity index (χ0) is 11.7. The predicted octanol–water partition coefficient (Wildman–Crippen LogP) is 2.49. The molecule has 3 nitrogen and oxygen atoms in total. The molecule has 0 radical (unpaired) electrons. The topological polar surface area (TPSA) is 40.5 Å². The lowest BCUT2D eigenvalue weighted by molar-refractivity contribution is -0.106. The Morgan fingerprint density at radius 1 is 1.62 bits per heavy atom. The summed E-state index contributed by atoms with van der Waals surface area (Å²) in [6.45, 7) is 2.49. The third kappa shape index (κ3) is 1.82. The average molecular weight is 284 g/mol. The molecule has 2 rings (SSSR count). The van der Waals surface area contributed by atoms with E-state index in [0.717, 1.165) is 30.4 Å². The fraction of sp³-hybridized carbons (Fsp3) is 0.417. The Balaban J connectivity index is 2.48. The van der Waals surface area contributed by atoms with Crippen molar-refractivity contribution in [1.82, 2.24) is 0 Å². The Kier molecular flexibility index (Phi) is 3.19. The maximum absolute atomic E-state index is 10.7. The minimum atomic E-state index is 0.306. The monoisotopic (exact) mass is 283 g/mol. The zero-order valence-corrected chi connectivity index (χ0v) is 10.7. The molecule has 0 amide bonds. The van der Waals surface area contributed by atoms with E-state index in [-0.39, 0.29) is 0 Å². The van der Waals surface area contributed by atoms with Crippen LogP contribution in [0.4, 0.5) is 5.69 Å². The lowest BCUT2D eigenvalue weighted by Crippen LogP contribution is -2.38. The van der Waals surface area contributed by atoms with Gasteiger partial charge in [-0.1, -0.05) is 0 Å². The molecule has 0 saturated carbocycles. The summed E-state index contributed by atoms with van der Waals surface area (Å²) in [5.41, 5.74) is 1.92. The third-order valence-corrected chi connectivity index (χ3v) is 3.77. The maximum atomic E-state index is 10.7. The highest BCUT2D eigenvalue weighted by Gasteiger charge is 2.25. The van der Waals surface area contributed by atoms with Crippen LogP contribution in [-0.4, -0.2) is 24.0 Å². The summed E-state index contributed by atoms with van der Waals surface area (Å²) in [5, 5.41) is 9.95. The van der Waals surface area contributed by atoms with E-state index in [9.17, 15) is 9.90 Å². The van der Waals surface area contributed by atoms with Crippen LogP contribution in [0.2, 0.25) is 0 Å². The van der Waals surface area contributed by atoms with Crippen molar-refractivity contribution in [3.05, 3.63) is 22.2 Å². The van der Waals surface area contributed by atoms with Gasteiger partial charge >= 0.3 is 0 Å². The number of benzene rings is 1. The lowest BCUT2D eigenvalue weighted by Gasteiger charge is -2.36. The highest BCUT2D eigenvalue weighted by atomic mass is 79.9. The van der Waals surface area contributed by atoms with Crippen molar-refractivity contribution in [2.24, 2.45) is 0 Å². The number of hydrogen-bond acceptors (Lipinski definition) is 3. The number of phenolic OH excluding ortho intramolecular Hbond substituents is 1. The molecule has 0 fully saturated rings. The number of aromatic hydroxyl groups is 1. The van der Waals surface area contributed by atoms with Crippen LogP contribution in [0.1, 0.15) is 18.9 Å². The van der Waals surface area contributed by atoms with Crippen LogP contribution in [0.25, 0.3) is 0 Å². The van der Waals surface area contributed by atoms with Crippen LogP contribution < -0.4 is 4.90 Å². The molecule has 0 spiro atoms. The number of phenols is 1. The van der Waals surface area contributed by atoms with Crippen molar-refractivity contribution in [3.8, 4) is 5.75 Å². The minimum Gasteiger partial charge on any atom is -0.506 e. The van der Waals surface area contributed by atoms with Gasteiger partial charge in [0.1, 0.15) is 12.0 Å².